The maximum Gasteiger partial charge on any atom is 0.333 e. The van der Waals surface area contributed by atoms with Gasteiger partial charge in [-0.3, -0.25) is 4.79 Å². The molecule has 1 unspecified atom stereocenters. The molecular formula is C28H41F2N3O4. The Labute approximate surface area is 218 Å². The topological polar surface area (TPSA) is 116 Å². The minimum absolute atomic E-state index is 0.00503. The number of benzene rings is 1. The van der Waals surface area contributed by atoms with Crippen LogP contribution < -0.4 is 11.1 Å². The van der Waals surface area contributed by atoms with E-state index in [2.05, 4.69) is 5.32 Å². The summed E-state index contributed by atoms with van der Waals surface area (Å²) >= 11 is 0. The van der Waals surface area contributed by atoms with Crippen LogP contribution in [-0.4, -0.2) is 65.3 Å². The van der Waals surface area contributed by atoms with Gasteiger partial charge in [-0.05, 0) is 73.9 Å². The van der Waals surface area contributed by atoms with E-state index < -0.39 is 35.0 Å². The number of aliphatic hydroxyl groups excluding tert-OH is 1. The van der Waals surface area contributed by atoms with Crippen LogP contribution in [0.1, 0.15) is 59.4 Å². The smallest absolute Gasteiger partial charge is 0.333 e. The summed E-state index contributed by atoms with van der Waals surface area (Å²) in [5, 5.41) is 22.8. The van der Waals surface area contributed by atoms with E-state index in [9.17, 15) is 28.6 Å². The largest absolute Gasteiger partial charge is 0.478 e. The summed E-state index contributed by atoms with van der Waals surface area (Å²) in [6.07, 6.45) is 3.28. The first kappa shape index (κ1) is 30.6. The number of carboxylic acids is 1. The molecule has 0 spiro atoms. The van der Waals surface area contributed by atoms with Gasteiger partial charge < -0.3 is 26.2 Å². The molecule has 1 aliphatic rings. The second-order valence-corrected chi connectivity index (χ2v) is 9.83. The van der Waals surface area contributed by atoms with E-state index in [0.29, 0.717) is 50.0 Å². The van der Waals surface area contributed by atoms with Gasteiger partial charge in [0.15, 0.2) is 0 Å². The molecule has 0 saturated heterocycles. The lowest BCUT2D eigenvalue weighted by Gasteiger charge is -2.48. The predicted octanol–water partition coefficient (Wildman–Crippen LogP) is 3.52. The Kier molecular flexibility index (Phi) is 11.0. The second-order valence-electron chi connectivity index (χ2n) is 9.83. The van der Waals surface area contributed by atoms with Crippen molar-refractivity contribution in [3.8, 4) is 0 Å². The molecule has 1 amide bonds. The van der Waals surface area contributed by atoms with Crippen LogP contribution in [0, 0.1) is 17.6 Å². The van der Waals surface area contributed by atoms with Gasteiger partial charge in [-0.25, -0.2) is 13.6 Å². The van der Waals surface area contributed by atoms with Crippen molar-refractivity contribution in [2.24, 2.45) is 11.7 Å². The Morgan fingerprint density at radius 3 is 2.16 bits per heavy atom. The molecule has 4 atom stereocenters. The Morgan fingerprint density at radius 1 is 1.14 bits per heavy atom. The van der Waals surface area contributed by atoms with Crippen LogP contribution in [0.2, 0.25) is 0 Å². The van der Waals surface area contributed by atoms with E-state index in [4.69, 9.17) is 5.73 Å². The van der Waals surface area contributed by atoms with Crippen molar-refractivity contribution in [2.45, 2.75) is 71.4 Å². The first-order valence-electron chi connectivity index (χ1n) is 13.0. The molecule has 0 aromatic heterocycles. The molecule has 0 aliphatic heterocycles. The van der Waals surface area contributed by atoms with Crippen LogP contribution in [0.25, 0.3) is 0 Å². The average molecular weight is 522 g/mol. The summed E-state index contributed by atoms with van der Waals surface area (Å²) < 4.78 is 29.4. The van der Waals surface area contributed by atoms with Crippen LogP contribution in [0.3, 0.4) is 0 Å². The number of nitrogens with one attached hydrogen (secondary N) is 1. The maximum atomic E-state index is 14.7. The highest BCUT2D eigenvalue weighted by atomic mass is 19.1. The third kappa shape index (κ3) is 6.27. The number of rotatable bonds is 13. The minimum Gasteiger partial charge on any atom is -0.478 e. The van der Waals surface area contributed by atoms with E-state index >= 15 is 0 Å². The standard InChI is InChI=1S/C28H41F2N3O4/c1-6-9-33(10-7-2)27(37)28(20-12-21(29)14-22(30)13-20)24(19(8-3)15-32-18(5)16-34)17(4)11-23(25(28)31)26(35)36/h11-14,18-19,25,32,34H,6-10,15-16,31H2,1-5H3,(H,35,36)/t18-,19-,25+,28?/m0/s1. The maximum absolute atomic E-state index is 14.7. The Morgan fingerprint density at radius 2 is 1.70 bits per heavy atom. The lowest BCUT2D eigenvalue weighted by molar-refractivity contribution is -0.137. The number of halogens is 2. The van der Waals surface area contributed by atoms with Crippen molar-refractivity contribution in [1.29, 1.82) is 0 Å². The molecule has 1 aliphatic carbocycles. The molecule has 0 fully saturated rings. The van der Waals surface area contributed by atoms with Crippen LogP contribution in [0.5, 0.6) is 0 Å². The summed E-state index contributed by atoms with van der Waals surface area (Å²) in [7, 11) is 0. The molecule has 206 valence electrons. The van der Waals surface area contributed by atoms with Gasteiger partial charge in [-0.2, -0.15) is 0 Å². The van der Waals surface area contributed by atoms with Gasteiger partial charge in [0, 0.05) is 31.7 Å². The van der Waals surface area contributed by atoms with Gasteiger partial charge in [0.1, 0.15) is 17.0 Å². The summed E-state index contributed by atoms with van der Waals surface area (Å²) in [5.41, 5.74) is 5.73. The fraction of sp³-hybridized carbons (Fsp3) is 0.571. The number of aliphatic carboxylic acids is 1. The molecule has 7 nitrogen and oxygen atoms in total. The van der Waals surface area contributed by atoms with Crippen LogP contribution in [-0.2, 0) is 15.0 Å². The third-order valence-corrected chi connectivity index (χ3v) is 7.09. The lowest BCUT2D eigenvalue weighted by Crippen LogP contribution is -2.62. The number of nitrogens with two attached hydrogens (primary N) is 1. The number of allylic oxidation sites excluding steroid dienone is 2. The Hall–Kier alpha value is -2.62. The molecule has 9 heteroatoms. The Balaban J connectivity index is 3.00. The number of carbonyl (C=O) groups is 2. The third-order valence-electron chi connectivity index (χ3n) is 7.09. The van der Waals surface area contributed by atoms with Gasteiger partial charge in [0.05, 0.1) is 18.2 Å². The molecule has 0 saturated carbocycles. The van der Waals surface area contributed by atoms with Crippen molar-refractivity contribution >= 4 is 11.9 Å². The Bertz CT molecular complexity index is 1020. The number of hydrogen-bond acceptors (Lipinski definition) is 5. The normalized spacial score (nSPS) is 21.4. The minimum atomic E-state index is -1.84. The highest BCUT2D eigenvalue weighted by molar-refractivity contribution is 5.99. The van der Waals surface area contributed by atoms with Gasteiger partial charge in [-0.15, -0.1) is 0 Å². The zero-order valence-electron chi connectivity index (χ0n) is 22.5. The quantitative estimate of drug-likeness (QED) is 0.316. The number of carbonyl (C=O) groups excluding carboxylic acids is 1. The molecular weight excluding hydrogens is 480 g/mol. The molecule has 5 N–H and O–H groups in total. The van der Waals surface area contributed by atoms with Gasteiger partial charge >= 0.3 is 5.97 Å². The fourth-order valence-electron chi connectivity index (χ4n) is 5.40. The van der Waals surface area contributed by atoms with E-state index in [1.807, 2.05) is 27.7 Å². The van der Waals surface area contributed by atoms with Crippen molar-refractivity contribution in [2.75, 3.05) is 26.2 Å². The summed E-state index contributed by atoms with van der Waals surface area (Å²) in [6.45, 7) is 10.3. The van der Waals surface area contributed by atoms with Gasteiger partial charge in [0.2, 0.25) is 5.91 Å². The molecule has 1 aromatic carbocycles. The monoisotopic (exact) mass is 521 g/mol. The first-order valence-corrected chi connectivity index (χ1v) is 13.0. The first-order chi connectivity index (χ1) is 17.5. The molecule has 0 radical (unpaired) electrons. The highest BCUT2D eigenvalue weighted by Crippen LogP contribution is 2.48. The highest BCUT2D eigenvalue weighted by Gasteiger charge is 2.56. The SMILES string of the molecule is CCCN(CCC)C(=O)C1(c2cc(F)cc(F)c2)C([C@@H](CC)CN[C@@H](C)CO)=C(C)C=C(C(=O)O)[C@H]1N. The van der Waals surface area contributed by atoms with Gasteiger partial charge in [0.25, 0.3) is 0 Å². The van der Waals surface area contributed by atoms with Crippen LogP contribution in [0.15, 0.2) is 41.0 Å². The van der Waals surface area contributed by atoms with E-state index in [1.165, 1.54) is 6.08 Å². The zero-order valence-corrected chi connectivity index (χ0v) is 22.5. The van der Waals surface area contributed by atoms with E-state index in [1.54, 1.807) is 11.8 Å². The van der Waals surface area contributed by atoms with Crippen molar-refractivity contribution in [3.05, 3.63) is 58.2 Å². The van der Waals surface area contributed by atoms with Crippen LogP contribution in [0.4, 0.5) is 8.78 Å². The summed E-state index contributed by atoms with van der Waals surface area (Å²) in [6, 6.07) is 1.28. The predicted molar refractivity (Wildman–Crippen MR) is 140 cm³/mol. The summed E-state index contributed by atoms with van der Waals surface area (Å²) in [5.74, 6) is -3.86. The molecule has 0 heterocycles. The van der Waals surface area contributed by atoms with Crippen LogP contribution >= 0.6 is 0 Å². The number of amides is 1. The van der Waals surface area contributed by atoms with Crippen molar-refractivity contribution in [1.82, 2.24) is 10.2 Å². The van der Waals surface area contributed by atoms with E-state index in [-0.39, 0.29) is 29.7 Å². The lowest BCUT2D eigenvalue weighted by atomic mass is 9.58. The van der Waals surface area contributed by atoms with E-state index in [0.717, 1.165) is 18.2 Å². The number of carboxylic acid groups (broad SMARTS) is 1. The van der Waals surface area contributed by atoms with Gasteiger partial charge in [-0.1, -0.05) is 20.8 Å². The number of hydrogen-bond donors (Lipinski definition) is 4. The fourth-order valence-corrected chi connectivity index (χ4v) is 5.40. The molecule has 2 rings (SSSR count). The average Bonchev–Trinajstić information content (AvgIpc) is 2.84. The second kappa shape index (κ2) is 13.3. The molecule has 37 heavy (non-hydrogen) atoms. The van der Waals surface area contributed by atoms with Crippen molar-refractivity contribution < 1.29 is 28.6 Å². The molecule has 1 aromatic rings. The zero-order chi connectivity index (χ0) is 27.9. The number of nitrogens with zero attached hydrogens (tertiary/aromatic N) is 1. The molecule has 0 bridgehead atoms. The number of aliphatic hydroxyl groups is 1. The van der Waals surface area contributed by atoms with Crippen molar-refractivity contribution in [3.63, 3.8) is 0 Å². The summed E-state index contributed by atoms with van der Waals surface area (Å²) in [4.78, 5) is 28.6.